The van der Waals surface area contributed by atoms with Crippen molar-refractivity contribution in [2.75, 3.05) is 6.54 Å². The third-order valence-electron chi connectivity index (χ3n) is 4.11. The Morgan fingerprint density at radius 1 is 1.13 bits per heavy atom. The van der Waals surface area contributed by atoms with E-state index in [0.29, 0.717) is 0 Å². The van der Waals surface area contributed by atoms with Crippen LogP contribution in [0.1, 0.15) is 29.2 Å². The normalized spacial score (nSPS) is 15.4. The SMILES string of the molecule is O=S(=O)(NCC(O)c1ccccc1F)c1ccc2c(c1)CCC2. The molecular weight excluding hydrogens is 317 g/mol. The van der Waals surface area contributed by atoms with Crippen LogP contribution in [0.3, 0.4) is 0 Å². The summed E-state index contributed by atoms with van der Waals surface area (Å²) in [7, 11) is -3.73. The molecule has 0 radical (unpaired) electrons. The lowest BCUT2D eigenvalue weighted by Crippen LogP contribution is -2.29. The Kier molecular flexibility index (Phi) is 4.48. The first-order valence-electron chi connectivity index (χ1n) is 7.51. The van der Waals surface area contributed by atoms with Crippen molar-refractivity contribution in [1.82, 2.24) is 4.72 Å². The summed E-state index contributed by atoms with van der Waals surface area (Å²) in [5.41, 5.74) is 2.32. The second-order valence-electron chi connectivity index (χ2n) is 5.67. The smallest absolute Gasteiger partial charge is 0.240 e. The molecule has 1 atom stereocenters. The van der Waals surface area contributed by atoms with Gasteiger partial charge in [0.15, 0.2) is 0 Å². The van der Waals surface area contributed by atoms with Gasteiger partial charge in [-0.2, -0.15) is 0 Å². The Morgan fingerprint density at radius 3 is 2.65 bits per heavy atom. The van der Waals surface area contributed by atoms with Crippen molar-refractivity contribution in [2.45, 2.75) is 30.3 Å². The molecule has 2 aromatic rings. The van der Waals surface area contributed by atoms with Crippen LogP contribution in [-0.4, -0.2) is 20.1 Å². The van der Waals surface area contributed by atoms with Crippen LogP contribution >= 0.6 is 0 Å². The van der Waals surface area contributed by atoms with Gasteiger partial charge in [0.25, 0.3) is 0 Å². The highest BCUT2D eigenvalue weighted by molar-refractivity contribution is 7.89. The van der Waals surface area contributed by atoms with Gasteiger partial charge in [0.05, 0.1) is 11.0 Å². The summed E-state index contributed by atoms with van der Waals surface area (Å²) in [4.78, 5) is 0.180. The predicted molar refractivity (Wildman–Crippen MR) is 85.0 cm³/mol. The van der Waals surface area contributed by atoms with Crippen LogP contribution in [0.4, 0.5) is 4.39 Å². The fraction of sp³-hybridized carbons (Fsp3) is 0.294. The van der Waals surface area contributed by atoms with Crippen molar-refractivity contribution in [1.29, 1.82) is 0 Å². The van der Waals surface area contributed by atoms with E-state index in [1.165, 1.54) is 23.8 Å². The van der Waals surface area contributed by atoms with Crippen molar-refractivity contribution in [3.05, 3.63) is 65.0 Å². The highest BCUT2D eigenvalue weighted by Crippen LogP contribution is 2.25. The molecule has 2 aromatic carbocycles. The van der Waals surface area contributed by atoms with Gasteiger partial charge >= 0.3 is 0 Å². The van der Waals surface area contributed by atoms with Crippen LogP contribution in [0.2, 0.25) is 0 Å². The summed E-state index contributed by atoms with van der Waals surface area (Å²) >= 11 is 0. The summed E-state index contributed by atoms with van der Waals surface area (Å²) in [6.45, 7) is -0.277. The minimum absolute atomic E-state index is 0.0733. The predicted octanol–water partition coefficient (Wildman–Crippen LogP) is 2.33. The maximum atomic E-state index is 13.6. The summed E-state index contributed by atoms with van der Waals surface area (Å²) in [6, 6.07) is 10.9. The molecule has 2 N–H and O–H groups in total. The van der Waals surface area contributed by atoms with Crippen molar-refractivity contribution in [2.24, 2.45) is 0 Å². The zero-order chi connectivity index (χ0) is 16.4. The van der Waals surface area contributed by atoms with Gasteiger partial charge in [-0.3, -0.25) is 0 Å². The number of hydrogen-bond acceptors (Lipinski definition) is 3. The zero-order valence-corrected chi connectivity index (χ0v) is 13.3. The first kappa shape index (κ1) is 16.1. The minimum Gasteiger partial charge on any atom is -0.387 e. The van der Waals surface area contributed by atoms with Gasteiger partial charge in [0.1, 0.15) is 5.82 Å². The molecular formula is C17H18FNO3S. The van der Waals surface area contributed by atoms with Crippen LogP contribution < -0.4 is 4.72 Å². The molecule has 0 aromatic heterocycles. The number of benzene rings is 2. The van der Waals surface area contributed by atoms with E-state index in [4.69, 9.17) is 0 Å². The van der Waals surface area contributed by atoms with Gasteiger partial charge in [0.2, 0.25) is 10.0 Å². The Labute approximate surface area is 135 Å². The van der Waals surface area contributed by atoms with E-state index in [0.717, 1.165) is 24.8 Å². The summed E-state index contributed by atoms with van der Waals surface area (Å²) in [5.74, 6) is -0.559. The monoisotopic (exact) mass is 335 g/mol. The number of sulfonamides is 1. The number of hydrogen-bond donors (Lipinski definition) is 2. The third kappa shape index (κ3) is 3.44. The Hall–Kier alpha value is -1.76. The van der Waals surface area contributed by atoms with Crippen LogP contribution in [0.5, 0.6) is 0 Å². The fourth-order valence-electron chi connectivity index (χ4n) is 2.84. The number of aliphatic hydroxyl groups is 1. The largest absolute Gasteiger partial charge is 0.387 e. The maximum absolute atomic E-state index is 13.6. The Balaban J connectivity index is 1.73. The maximum Gasteiger partial charge on any atom is 0.240 e. The Morgan fingerprint density at radius 2 is 1.87 bits per heavy atom. The second-order valence-corrected chi connectivity index (χ2v) is 7.44. The van der Waals surface area contributed by atoms with Crippen molar-refractivity contribution >= 4 is 10.0 Å². The van der Waals surface area contributed by atoms with Crippen molar-refractivity contribution in [3.8, 4) is 0 Å². The molecule has 1 aliphatic carbocycles. The van der Waals surface area contributed by atoms with Gasteiger partial charge in [-0.25, -0.2) is 17.5 Å². The molecule has 6 heteroatoms. The molecule has 0 spiro atoms. The molecule has 1 aliphatic rings. The van der Waals surface area contributed by atoms with E-state index in [9.17, 15) is 17.9 Å². The van der Waals surface area contributed by atoms with Gasteiger partial charge in [-0.05, 0) is 48.6 Å². The number of aliphatic hydroxyl groups excluding tert-OH is 1. The molecule has 122 valence electrons. The highest BCUT2D eigenvalue weighted by Gasteiger charge is 2.20. The van der Waals surface area contributed by atoms with E-state index in [-0.39, 0.29) is 17.0 Å². The molecule has 0 bridgehead atoms. The highest BCUT2D eigenvalue weighted by atomic mass is 32.2. The molecule has 0 amide bonds. The van der Waals surface area contributed by atoms with Crippen molar-refractivity contribution in [3.63, 3.8) is 0 Å². The van der Waals surface area contributed by atoms with Crippen LogP contribution in [-0.2, 0) is 22.9 Å². The number of nitrogens with one attached hydrogen (secondary N) is 1. The van der Waals surface area contributed by atoms with Crippen molar-refractivity contribution < 1.29 is 17.9 Å². The summed E-state index contributed by atoms with van der Waals surface area (Å²) in [5, 5.41) is 10.00. The van der Waals surface area contributed by atoms with Gasteiger partial charge < -0.3 is 5.11 Å². The standard InChI is InChI=1S/C17H18FNO3S/c18-16-7-2-1-6-15(16)17(20)11-19-23(21,22)14-9-8-12-4-3-5-13(12)10-14/h1-2,6-10,17,19-20H,3-5,11H2. The van der Waals surface area contributed by atoms with Gasteiger partial charge in [-0.15, -0.1) is 0 Å². The van der Waals surface area contributed by atoms with E-state index < -0.39 is 21.9 Å². The fourth-order valence-corrected chi connectivity index (χ4v) is 3.93. The first-order chi connectivity index (χ1) is 11.0. The second kappa shape index (κ2) is 6.39. The Bertz CT molecular complexity index is 820. The molecule has 0 fully saturated rings. The number of halogens is 1. The van der Waals surface area contributed by atoms with Crippen LogP contribution in [0.15, 0.2) is 47.4 Å². The topological polar surface area (TPSA) is 66.4 Å². The lowest BCUT2D eigenvalue weighted by Gasteiger charge is -2.14. The molecule has 0 saturated carbocycles. The number of rotatable bonds is 5. The van der Waals surface area contributed by atoms with E-state index in [1.54, 1.807) is 18.2 Å². The lowest BCUT2D eigenvalue weighted by molar-refractivity contribution is 0.177. The van der Waals surface area contributed by atoms with Crippen LogP contribution in [0, 0.1) is 5.82 Å². The summed E-state index contributed by atoms with van der Waals surface area (Å²) < 4.78 is 40.6. The third-order valence-corrected chi connectivity index (χ3v) is 5.53. The number of aryl methyl sites for hydroxylation is 2. The molecule has 3 rings (SSSR count). The minimum atomic E-state index is -3.73. The molecule has 0 aliphatic heterocycles. The molecule has 0 saturated heterocycles. The molecule has 0 heterocycles. The first-order valence-corrected chi connectivity index (χ1v) is 8.99. The van der Waals surface area contributed by atoms with Gasteiger partial charge in [-0.1, -0.05) is 24.3 Å². The van der Waals surface area contributed by atoms with Crippen LogP contribution in [0.25, 0.3) is 0 Å². The average Bonchev–Trinajstić information content (AvgIpc) is 3.00. The zero-order valence-electron chi connectivity index (χ0n) is 12.5. The van der Waals surface area contributed by atoms with E-state index >= 15 is 0 Å². The van der Waals surface area contributed by atoms with E-state index in [2.05, 4.69) is 4.72 Å². The molecule has 23 heavy (non-hydrogen) atoms. The molecule has 4 nitrogen and oxygen atoms in total. The summed E-state index contributed by atoms with van der Waals surface area (Å²) in [6.07, 6.45) is 1.67. The van der Waals surface area contributed by atoms with E-state index in [1.807, 2.05) is 6.07 Å². The average molecular weight is 335 g/mol. The quantitative estimate of drug-likeness (QED) is 0.881. The number of fused-ring (bicyclic) bond motifs is 1. The van der Waals surface area contributed by atoms with Gasteiger partial charge in [0, 0.05) is 12.1 Å². The molecule has 1 unspecified atom stereocenters. The lowest BCUT2D eigenvalue weighted by atomic mass is 10.1.